The topological polar surface area (TPSA) is 133 Å². The summed E-state index contributed by atoms with van der Waals surface area (Å²) in [5, 5.41) is 4.58. The Morgan fingerprint density at radius 2 is 2.07 bits per heavy atom. The fraction of sp³-hybridized carbons (Fsp3) is 0.483. The molecule has 1 amide bonds. The number of rotatable bonds is 6. The smallest absolute Gasteiger partial charge is 0.410 e. The Hall–Kier alpha value is -3.68. The molecule has 1 fully saturated rings. The number of ether oxygens (including phenoxy) is 1. The highest BCUT2D eigenvalue weighted by Gasteiger charge is 2.59. The zero-order valence-corrected chi connectivity index (χ0v) is 25.8. The number of benzene rings is 1. The van der Waals surface area contributed by atoms with Gasteiger partial charge in [0.25, 0.3) is 5.56 Å². The zero-order valence-electron chi connectivity index (χ0n) is 25.0. The summed E-state index contributed by atoms with van der Waals surface area (Å²) in [6.45, 7) is 10.1. The first-order chi connectivity index (χ1) is 19.7. The molecule has 2 unspecified atom stereocenters. The molecule has 3 aliphatic rings. The summed E-state index contributed by atoms with van der Waals surface area (Å²) in [4.78, 5) is 40.3. The molecule has 0 radical (unpaired) electrons. The molecular weight excluding hydrogens is 558 g/mol. The number of hydrogen-bond acceptors (Lipinski definition) is 8. The van der Waals surface area contributed by atoms with Crippen molar-refractivity contribution in [2.45, 2.75) is 76.1 Å². The normalized spacial score (nSPS) is 25.1. The van der Waals surface area contributed by atoms with Crippen molar-refractivity contribution in [3.63, 3.8) is 0 Å². The Balaban J connectivity index is 1.52. The lowest BCUT2D eigenvalue weighted by molar-refractivity contribution is 0.0209. The van der Waals surface area contributed by atoms with Gasteiger partial charge in [-0.1, -0.05) is 6.08 Å². The average molecular weight is 596 g/mol. The second-order valence-corrected chi connectivity index (χ2v) is 14.7. The maximum absolute atomic E-state index is 14.1. The Morgan fingerprint density at radius 1 is 1.31 bits per heavy atom. The Labute approximate surface area is 244 Å². The van der Waals surface area contributed by atoms with E-state index in [1.54, 1.807) is 21.8 Å². The van der Waals surface area contributed by atoms with Gasteiger partial charge in [0.1, 0.15) is 5.60 Å². The molecule has 1 aliphatic carbocycles. The van der Waals surface area contributed by atoms with Gasteiger partial charge < -0.3 is 9.64 Å². The SMILES string of the molecule is CONc1nc2c(C3=C[C@@H](C)N(C(=O)OC(C)(C)C)CC3)cc(S3(=O)=C4CC4(C)N3)cc2c(=O)n1Cc1cnn(C)c1. The summed E-state index contributed by atoms with van der Waals surface area (Å²) in [6, 6.07) is 3.34. The van der Waals surface area contributed by atoms with E-state index in [1.165, 1.54) is 11.7 Å². The average Bonchev–Trinajstić information content (AvgIpc) is 3.26. The van der Waals surface area contributed by atoms with Gasteiger partial charge in [-0.15, -0.1) is 0 Å². The van der Waals surface area contributed by atoms with E-state index in [0.717, 1.165) is 22.4 Å². The lowest BCUT2D eigenvalue weighted by atomic mass is 9.94. The molecule has 4 heterocycles. The molecule has 2 N–H and O–H groups in total. The highest BCUT2D eigenvalue weighted by atomic mass is 32.2. The van der Waals surface area contributed by atoms with Gasteiger partial charge >= 0.3 is 6.09 Å². The van der Waals surface area contributed by atoms with Crippen LogP contribution in [0.2, 0.25) is 0 Å². The highest BCUT2D eigenvalue weighted by molar-refractivity contribution is 8.03. The van der Waals surface area contributed by atoms with Gasteiger partial charge in [-0.25, -0.2) is 24.2 Å². The Kier molecular flexibility index (Phi) is 6.55. The number of carbonyl (C=O) groups excluding carboxylic acids is 1. The second-order valence-electron chi connectivity index (χ2n) is 12.5. The maximum Gasteiger partial charge on any atom is 0.410 e. The number of amides is 1. The van der Waals surface area contributed by atoms with E-state index in [4.69, 9.17) is 14.6 Å². The van der Waals surface area contributed by atoms with Gasteiger partial charge in [0, 0.05) is 47.1 Å². The molecule has 12 nitrogen and oxygen atoms in total. The van der Waals surface area contributed by atoms with Crippen molar-refractivity contribution in [3.05, 3.63) is 52.1 Å². The molecule has 1 aromatic carbocycles. The van der Waals surface area contributed by atoms with Gasteiger partial charge in [0.15, 0.2) is 0 Å². The van der Waals surface area contributed by atoms with Crippen molar-refractivity contribution >= 4 is 43.1 Å². The van der Waals surface area contributed by atoms with Crippen molar-refractivity contribution in [1.29, 1.82) is 0 Å². The van der Waals surface area contributed by atoms with Crippen molar-refractivity contribution in [1.82, 2.24) is 29.0 Å². The molecule has 6 rings (SSSR count). The monoisotopic (exact) mass is 595 g/mol. The van der Waals surface area contributed by atoms with Crippen LogP contribution in [0.5, 0.6) is 0 Å². The summed E-state index contributed by atoms with van der Waals surface area (Å²) in [5.41, 5.74) is 4.60. The lowest BCUT2D eigenvalue weighted by Gasteiger charge is -2.34. The van der Waals surface area contributed by atoms with Crippen LogP contribution in [-0.2, 0) is 32.9 Å². The van der Waals surface area contributed by atoms with Crippen LogP contribution in [0.1, 0.15) is 58.6 Å². The molecule has 2 aromatic heterocycles. The number of anilines is 1. The van der Waals surface area contributed by atoms with Gasteiger partial charge in [0.05, 0.1) is 52.0 Å². The van der Waals surface area contributed by atoms with Crippen LogP contribution in [0.25, 0.3) is 16.5 Å². The summed E-state index contributed by atoms with van der Waals surface area (Å²) in [7, 11) is 0.650. The molecule has 42 heavy (non-hydrogen) atoms. The van der Waals surface area contributed by atoms with Crippen LogP contribution >= 0.6 is 0 Å². The van der Waals surface area contributed by atoms with E-state index in [-0.39, 0.29) is 35.7 Å². The molecule has 224 valence electrons. The van der Waals surface area contributed by atoms with Crippen LogP contribution in [-0.4, -0.2) is 70.2 Å². The van der Waals surface area contributed by atoms with Gasteiger partial charge in [-0.2, -0.15) is 5.10 Å². The number of nitrogens with zero attached hydrogens (tertiary/aromatic N) is 5. The third-order valence-electron chi connectivity index (χ3n) is 7.91. The van der Waals surface area contributed by atoms with Crippen molar-refractivity contribution in [3.8, 4) is 0 Å². The fourth-order valence-electron chi connectivity index (χ4n) is 5.80. The summed E-state index contributed by atoms with van der Waals surface area (Å²) in [6.07, 6.45) is 6.41. The number of aromatic nitrogens is 4. The molecule has 2 aliphatic heterocycles. The third-order valence-corrected chi connectivity index (χ3v) is 10.8. The number of aryl methyl sites for hydroxylation is 1. The van der Waals surface area contributed by atoms with Crippen LogP contribution in [0, 0.1) is 0 Å². The Bertz CT molecular complexity index is 1840. The highest BCUT2D eigenvalue weighted by Crippen LogP contribution is 2.46. The molecule has 3 atom stereocenters. The van der Waals surface area contributed by atoms with Crippen LogP contribution in [0.3, 0.4) is 0 Å². The van der Waals surface area contributed by atoms with E-state index in [1.807, 2.05) is 60.0 Å². The van der Waals surface area contributed by atoms with Crippen LogP contribution < -0.4 is 15.8 Å². The first kappa shape index (κ1) is 28.4. The molecular formula is C29H37N7O5S. The lowest BCUT2D eigenvalue weighted by Crippen LogP contribution is -2.47. The van der Waals surface area contributed by atoms with Gasteiger partial charge in [-0.05, 0) is 58.7 Å². The summed E-state index contributed by atoms with van der Waals surface area (Å²) in [5.74, 6) is 0.239. The number of fused-ring (bicyclic) bond motifs is 2. The second kappa shape index (κ2) is 9.68. The summed E-state index contributed by atoms with van der Waals surface area (Å²) >= 11 is 0. The zero-order chi connectivity index (χ0) is 30.2. The van der Waals surface area contributed by atoms with Crippen molar-refractivity contribution in [2.75, 3.05) is 19.1 Å². The minimum atomic E-state index is -2.62. The molecule has 13 heteroatoms. The quantitative estimate of drug-likeness (QED) is 0.328. The van der Waals surface area contributed by atoms with Gasteiger partial charge in [0.2, 0.25) is 5.95 Å². The molecule has 3 aromatic rings. The van der Waals surface area contributed by atoms with Crippen LogP contribution in [0.4, 0.5) is 10.7 Å². The standard InChI is InChI=1S/C29H37N7O5S/c1-17-10-19(8-9-35(17)27(38)41-28(2,3)4)21-11-20(42(39)23-13-29(23,5)33-42)12-22-24(21)31-26(32-40-7)36(25(22)37)16-18-14-30-34(6)15-18/h10-12,14-15,17H,8-9,13,16H2,1-7H3,(H,31,32)(H,33,39)/t17-,29?,42?/m1/s1. The minimum Gasteiger partial charge on any atom is -0.444 e. The molecule has 0 saturated heterocycles. The molecule has 0 spiro atoms. The first-order valence-electron chi connectivity index (χ1n) is 14.0. The fourth-order valence-corrected chi connectivity index (χ4v) is 8.74. The maximum atomic E-state index is 14.1. The van der Waals surface area contributed by atoms with Gasteiger partial charge in [-0.3, -0.25) is 18.9 Å². The third kappa shape index (κ3) is 4.78. The molecule has 0 bridgehead atoms. The number of nitrogens with one attached hydrogen (secondary N) is 2. The van der Waals surface area contributed by atoms with E-state index >= 15 is 0 Å². The minimum absolute atomic E-state index is 0.191. The van der Waals surface area contributed by atoms with E-state index in [0.29, 0.717) is 34.3 Å². The summed E-state index contributed by atoms with van der Waals surface area (Å²) < 4.78 is 26.1. The van der Waals surface area contributed by atoms with Crippen LogP contribution in [0.15, 0.2) is 40.3 Å². The number of carbonyl (C=O) groups is 1. The predicted molar refractivity (Wildman–Crippen MR) is 162 cm³/mol. The molecule has 1 saturated carbocycles. The van der Waals surface area contributed by atoms with Crippen molar-refractivity contribution < 1.29 is 18.6 Å². The van der Waals surface area contributed by atoms with E-state index < -0.39 is 15.3 Å². The van der Waals surface area contributed by atoms with E-state index in [9.17, 15) is 13.8 Å². The first-order valence-corrected chi connectivity index (χ1v) is 15.5. The van der Waals surface area contributed by atoms with E-state index in [2.05, 4.69) is 15.3 Å². The number of hydrogen-bond donors (Lipinski definition) is 2. The predicted octanol–water partition coefficient (Wildman–Crippen LogP) is 3.06. The van der Waals surface area contributed by atoms with Crippen molar-refractivity contribution in [2.24, 2.45) is 7.05 Å². The Morgan fingerprint density at radius 3 is 2.64 bits per heavy atom. The largest absolute Gasteiger partial charge is 0.444 e.